The number of rotatable bonds is 4. The molecule has 0 bridgehead atoms. The lowest BCUT2D eigenvalue weighted by molar-refractivity contribution is 0.0935. The Balaban J connectivity index is 0.000000300. The van der Waals surface area contributed by atoms with Crippen molar-refractivity contribution in [1.29, 1.82) is 0 Å². The van der Waals surface area contributed by atoms with Gasteiger partial charge in [-0.25, -0.2) is 0 Å². The van der Waals surface area contributed by atoms with Crippen LogP contribution in [0.25, 0.3) is 11.1 Å². The number of fused-ring (bicyclic) bond motifs is 1. The molecule has 3 atom stereocenters. The van der Waals surface area contributed by atoms with Gasteiger partial charge in [0, 0.05) is 18.7 Å². The number of nitrogens with zero attached hydrogens (tertiary/aromatic N) is 1. The van der Waals surface area contributed by atoms with Crippen LogP contribution in [0, 0.1) is 18.8 Å². The zero-order chi connectivity index (χ0) is 22.5. The average Bonchev–Trinajstić information content (AvgIpc) is 3.32. The highest BCUT2D eigenvalue weighted by Gasteiger charge is 2.40. The summed E-state index contributed by atoms with van der Waals surface area (Å²) in [4.78, 5) is 14.8. The van der Waals surface area contributed by atoms with E-state index in [-0.39, 0.29) is 17.6 Å². The van der Waals surface area contributed by atoms with E-state index in [0.717, 1.165) is 42.6 Å². The van der Waals surface area contributed by atoms with Crippen LogP contribution >= 0.6 is 0 Å². The molecule has 4 nitrogen and oxygen atoms in total. The second-order valence-electron chi connectivity index (χ2n) is 9.04. The Morgan fingerprint density at radius 1 is 0.844 bits per heavy atom. The number of carbonyl (C=O) groups is 1. The molecule has 1 saturated heterocycles. The van der Waals surface area contributed by atoms with E-state index in [1.807, 2.05) is 54.6 Å². The van der Waals surface area contributed by atoms with E-state index < -0.39 is 0 Å². The van der Waals surface area contributed by atoms with Gasteiger partial charge in [0.15, 0.2) is 5.78 Å². The highest BCUT2D eigenvalue weighted by atomic mass is 16.3. The van der Waals surface area contributed by atoms with Crippen LogP contribution in [0.3, 0.4) is 0 Å². The molecule has 32 heavy (non-hydrogen) atoms. The molecule has 2 N–H and O–H groups in total. The average molecular weight is 430 g/mol. The summed E-state index contributed by atoms with van der Waals surface area (Å²) in [7, 11) is 0. The molecule has 1 heterocycles. The van der Waals surface area contributed by atoms with Crippen LogP contribution in [0.4, 0.5) is 0 Å². The maximum Gasteiger partial charge on any atom is 0.176 e. The van der Waals surface area contributed by atoms with Crippen molar-refractivity contribution in [3.63, 3.8) is 0 Å². The molecule has 2 aliphatic rings. The zero-order valence-electron chi connectivity index (χ0n) is 18.5. The molecule has 0 spiro atoms. The van der Waals surface area contributed by atoms with Gasteiger partial charge in [0.1, 0.15) is 5.75 Å². The maximum absolute atomic E-state index is 12.6. The van der Waals surface area contributed by atoms with Crippen LogP contribution < -0.4 is 0 Å². The number of phenolic OH excluding ortho intramolecular Hbond substituents is 1. The molecule has 166 valence electrons. The van der Waals surface area contributed by atoms with E-state index in [1.165, 1.54) is 5.56 Å². The molecule has 0 amide bonds. The number of aromatic hydroxyl groups is 1. The first-order valence-electron chi connectivity index (χ1n) is 11.3. The van der Waals surface area contributed by atoms with E-state index in [2.05, 4.69) is 24.0 Å². The summed E-state index contributed by atoms with van der Waals surface area (Å²) >= 11 is 0. The van der Waals surface area contributed by atoms with Gasteiger partial charge in [0.25, 0.3) is 0 Å². The molecule has 2 fully saturated rings. The van der Waals surface area contributed by atoms with E-state index in [4.69, 9.17) is 0 Å². The van der Waals surface area contributed by atoms with Crippen molar-refractivity contribution in [3.8, 4) is 16.9 Å². The lowest BCUT2D eigenvalue weighted by Gasteiger charge is -2.16. The smallest absolute Gasteiger partial charge is 0.176 e. The highest BCUT2D eigenvalue weighted by molar-refractivity contribution is 5.98. The van der Waals surface area contributed by atoms with Crippen molar-refractivity contribution < 1.29 is 15.0 Å². The number of aliphatic hydroxyl groups excluding tert-OH is 1. The third-order valence-corrected chi connectivity index (χ3v) is 6.52. The third kappa shape index (κ3) is 5.64. The minimum atomic E-state index is -0.139. The van der Waals surface area contributed by atoms with Crippen LogP contribution in [0.5, 0.6) is 5.75 Å². The third-order valence-electron chi connectivity index (χ3n) is 6.52. The number of carbonyl (C=O) groups excluding carboxylic acids is 1. The lowest BCUT2D eigenvalue weighted by atomic mass is 10.0. The predicted octanol–water partition coefficient (Wildman–Crippen LogP) is 4.94. The maximum atomic E-state index is 12.6. The molecule has 0 aromatic heterocycles. The van der Waals surface area contributed by atoms with Gasteiger partial charge in [-0.2, -0.15) is 0 Å². The summed E-state index contributed by atoms with van der Waals surface area (Å²) in [5.41, 5.74) is 4.10. The molecule has 3 aromatic rings. The zero-order valence-corrected chi connectivity index (χ0v) is 18.5. The van der Waals surface area contributed by atoms with Crippen LogP contribution in [0.2, 0.25) is 0 Å². The molecule has 1 saturated carbocycles. The SMILES string of the molecule is Cc1ccccc1.O=C(CN1C[C@H]2CC(O)C[C@H]2C1)c1ccc(-c2ccc(O)cc2)cc1. The minimum absolute atomic E-state index is 0.139. The number of hydrogen-bond donors (Lipinski definition) is 2. The summed E-state index contributed by atoms with van der Waals surface area (Å²) < 4.78 is 0. The van der Waals surface area contributed by atoms with Crippen molar-refractivity contribution in [2.24, 2.45) is 11.8 Å². The Hall–Kier alpha value is -2.95. The summed E-state index contributed by atoms with van der Waals surface area (Å²) in [5, 5.41) is 19.1. The number of benzene rings is 3. The van der Waals surface area contributed by atoms with Gasteiger partial charge in [-0.1, -0.05) is 72.3 Å². The largest absolute Gasteiger partial charge is 0.508 e. The van der Waals surface area contributed by atoms with Crippen LogP contribution in [-0.2, 0) is 0 Å². The molecular weight excluding hydrogens is 398 g/mol. The Morgan fingerprint density at radius 2 is 1.38 bits per heavy atom. The standard InChI is InChI=1S/C21H23NO3.C7H8/c23-19-7-5-15(6-8-19)14-1-3-16(4-2-14)21(25)13-22-11-17-9-20(24)10-18(17)12-22;1-7-5-3-2-4-6-7/h1-8,17-18,20,23-24H,9-13H2;2-6H,1H3/t17-,18+,20?;. The first-order valence-corrected chi connectivity index (χ1v) is 11.3. The Bertz CT molecular complexity index is 1000. The first-order chi connectivity index (χ1) is 15.5. The van der Waals surface area contributed by atoms with Crippen molar-refractivity contribution >= 4 is 5.78 Å². The van der Waals surface area contributed by atoms with Crippen LogP contribution in [0.15, 0.2) is 78.9 Å². The highest BCUT2D eigenvalue weighted by Crippen LogP contribution is 2.37. The van der Waals surface area contributed by atoms with E-state index in [9.17, 15) is 15.0 Å². The molecule has 1 aliphatic carbocycles. The fraction of sp³-hybridized carbons (Fsp3) is 0.321. The number of hydrogen-bond acceptors (Lipinski definition) is 4. The summed E-state index contributed by atoms with van der Waals surface area (Å²) in [5.74, 6) is 1.51. The van der Waals surface area contributed by atoms with E-state index >= 15 is 0 Å². The molecule has 3 aromatic carbocycles. The van der Waals surface area contributed by atoms with Gasteiger partial charge in [0.2, 0.25) is 0 Å². The molecule has 5 rings (SSSR count). The molecule has 0 radical (unpaired) electrons. The van der Waals surface area contributed by atoms with Gasteiger partial charge in [-0.15, -0.1) is 0 Å². The minimum Gasteiger partial charge on any atom is -0.508 e. The van der Waals surface area contributed by atoms with Gasteiger partial charge >= 0.3 is 0 Å². The van der Waals surface area contributed by atoms with E-state index in [0.29, 0.717) is 18.4 Å². The molecular formula is C28H31NO3. The number of ketones is 1. The predicted molar refractivity (Wildman–Crippen MR) is 128 cm³/mol. The lowest BCUT2D eigenvalue weighted by Crippen LogP contribution is -2.29. The number of phenols is 1. The van der Waals surface area contributed by atoms with Crippen molar-refractivity contribution in [2.75, 3.05) is 19.6 Å². The van der Waals surface area contributed by atoms with Crippen molar-refractivity contribution in [1.82, 2.24) is 4.90 Å². The van der Waals surface area contributed by atoms with E-state index in [1.54, 1.807) is 12.1 Å². The fourth-order valence-electron chi connectivity index (χ4n) is 4.83. The first kappa shape index (κ1) is 22.3. The Morgan fingerprint density at radius 3 is 1.88 bits per heavy atom. The Labute approximate surface area is 190 Å². The fourth-order valence-corrected chi connectivity index (χ4v) is 4.83. The quantitative estimate of drug-likeness (QED) is 0.577. The summed E-state index contributed by atoms with van der Waals surface area (Å²) in [6.07, 6.45) is 1.63. The van der Waals surface area contributed by atoms with Crippen LogP contribution in [-0.4, -0.2) is 46.6 Å². The topological polar surface area (TPSA) is 60.8 Å². The second kappa shape index (κ2) is 10.1. The van der Waals surface area contributed by atoms with Crippen molar-refractivity contribution in [3.05, 3.63) is 90.0 Å². The monoisotopic (exact) mass is 429 g/mol. The van der Waals surface area contributed by atoms with Gasteiger partial charge in [-0.05, 0) is 54.9 Å². The van der Waals surface area contributed by atoms with Crippen molar-refractivity contribution in [2.45, 2.75) is 25.9 Å². The van der Waals surface area contributed by atoms with Crippen LogP contribution in [0.1, 0.15) is 28.8 Å². The van der Waals surface area contributed by atoms with Gasteiger partial charge in [0.05, 0.1) is 12.6 Å². The normalized spacial score (nSPS) is 22.1. The van der Waals surface area contributed by atoms with Gasteiger partial charge in [-0.3, -0.25) is 9.69 Å². The Kier molecular flexibility index (Phi) is 7.03. The number of likely N-dealkylation sites (tertiary alicyclic amines) is 1. The molecule has 1 unspecified atom stereocenters. The van der Waals surface area contributed by atoms with Gasteiger partial charge < -0.3 is 10.2 Å². The number of Topliss-reactive ketones (excluding diaryl/α,β-unsaturated/α-hetero) is 1. The number of aliphatic hydroxyl groups is 1. The second-order valence-corrected chi connectivity index (χ2v) is 9.04. The summed E-state index contributed by atoms with van der Waals surface area (Å²) in [6.45, 7) is 4.40. The molecule has 1 aliphatic heterocycles. The number of aryl methyl sites for hydroxylation is 1. The molecule has 4 heteroatoms. The summed E-state index contributed by atoms with van der Waals surface area (Å²) in [6, 6.07) is 25.0.